The van der Waals surface area contributed by atoms with Gasteiger partial charge in [0.15, 0.2) is 0 Å². The van der Waals surface area contributed by atoms with Crippen LogP contribution in [0.1, 0.15) is 94.9 Å². The van der Waals surface area contributed by atoms with Gasteiger partial charge in [0, 0.05) is 22.0 Å². The molecule has 2 nitrogen and oxygen atoms in total. The zero-order valence-electron chi connectivity index (χ0n) is 27.7. The molecule has 2 aliphatic carbocycles. The van der Waals surface area contributed by atoms with Crippen molar-refractivity contribution in [2.75, 3.05) is 0 Å². The maximum Gasteiger partial charge on any atom is 0.0586 e. The molecular weight excluding hydrogens is 512 g/mol. The van der Waals surface area contributed by atoms with Crippen LogP contribution in [-0.2, 0) is 0 Å². The lowest BCUT2D eigenvalue weighted by atomic mass is 9.72. The highest BCUT2D eigenvalue weighted by atomic mass is 16.3. The van der Waals surface area contributed by atoms with E-state index in [1.54, 1.807) is 0 Å². The number of aliphatic hydroxyl groups excluding tert-OH is 2. The first-order valence-corrected chi connectivity index (χ1v) is 15.1. The van der Waals surface area contributed by atoms with E-state index in [0.29, 0.717) is 0 Å². The second kappa shape index (κ2) is 15.8. The van der Waals surface area contributed by atoms with Gasteiger partial charge < -0.3 is 10.2 Å². The van der Waals surface area contributed by atoms with Gasteiger partial charge in [0.1, 0.15) is 0 Å². The summed E-state index contributed by atoms with van der Waals surface area (Å²) in [5, 5.41) is 20.2. The van der Waals surface area contributed by atoms with Gasteiger partial charge >= 0.3 is 0 Å². The lowest BCUT2D eigenvalue weighted by molar-refractivity contribution is 0.116. The summed E-state index contributed by atoms with van der Waals surface area (Å²) in [6, 6.07) is 0. The topological polar surface area (TPSA) is 40.5 Å². The van der Waals surface area contributed by atoms with Crippen molar-refractivity contribution in [2.45, 2.75) is 107 Å². The van der Waals surface area contributed by atoms with Gasteiger partial charge in [-0.1, -0.05) is 134 Å². The minimum absolute atomic E-state index is 0.0840. The van der Waals surface area contributed by atoms with E-state index in [1.165, 1.54) is 11.1 Å². The molecule has 2 aliphatic rings. The van der Waals surface area contributed by atoms with Crippen LogP contribution in [0, 0.1) is 34.5 Å². The summed E-state index contributed by atoms with van der Waals surface area (Å²) in [4.78, 5) is 0. The van der Waals surface area contributed by atoms with Crippen LogP contribution in [0.3, 0.4) is 0 Å². The number of hydrogen-bond acceptors (Lipinski definition) is 2. The number of rotatable bonds is 6. The summed E-state index contributed by atoms with van der Waals surface area (Å²) in [6.07, 6.45) is 23.0. The first-order chi connectivity index (χ1) is 19.6. The van der Waals surface area contributed by atoms with Crippen molar-refractivity contribution in [1.82, 2.24) is 0 Å². The van der Waals surface area contributed by atoms with E-state index >= 15 is 0 Å². The molecule has 42 heavy (non-hydrogen) atoms. The van der Waals surface area contributed by atoms with Gasteiger partial charge in [0.25, 0.3) is 0 Å². The van der Waals surface area contributed by atoms with Crippen LogP contribution in [0.4, 0.5) is 0 Å². The lowest BCUT2D eigenvalue weighted by Gasteiger charge is -2.34. The van der Waals surface area contributed by atoms with Crippen LogP contribution < -0.4 is 0 Å². The summed E-state index contributed by atoms with van der Waals surface area (Å²) in [7, 11) is 0. The molecule has 0 saturated carbocycles. The van der Waals surface area contributed by atoms with Crippen LogP contribution in [-0.4, -0.2) is 22.4 Å². The van der Waals surface area contributed by atoms with Crippen LogP contribution >= 0.6 is 0 Å². The second-order valence-electron chi connectivity index (χ2n) is 13.3. The van der Waals surface area contributed by atoms with Gasteiger partial charge in [0.05, 0.1) is 12.2 Å². The van der Waals surface area contributed by atoms with E-state index in [4.69, 9.17) is 0 Å². The average Bonchev–Trinajstić information content (AvgIpc) is 2.84. The molecule has 2 unspecified atom stereocenters. The van der Waals surface area contributed by atoms with Crippen molar-refractivity contribution in [1.29, 1.82) is 0 Å². The van der Waals surface area contributed by atoms with Crippen molar-refractivity contribution in [3.8, 4) is 23.7 Å². The molecule has 0 bridgehead atoms. The third-order valence-corrected chi connectivity index (χ3v) is 7.79. The normalized spacial score (nSPS) is 23.9. The molecule has 2 rings (SSSR count). The molecule has 0 saturated heterocycles. The van der Waals surface area contributed by atoms with Crippen molar-refractivity contribution in [3.63, 3.8) is 0 Å². The van der Waals surface area contributed by atoms with E-state index in [0.717, 1.165) is 59.1 Å². The summed E-state index contributed by atoms with van der Waals surface area (Å²) in [5.41, 5.74) is 8.91. The van der Waals surface area contributed by atoms with E-state index in [1.807, 2.05) is 50.3 Å². The molecular formula is C40H52O2. The zero-order chi connectivity index (χ0) is 31.5. The number of hydrogen-bond donors (Lipinski definition) is 2. The quantitative estimate of drug-likeness (QED) is 0.249. The molecule has 0 amide bonds. The average molecular weight is 565 g/mol. The third-order valence-electron chi connectivity index (χ3n) is 7.79. The van der Waals surface area contributed by atoms with Crippen LogP contribution in [0.25, 0.3) is 0 Å². The summed E-state index contributed by atoms with van der Waals surface area (Å²) >= 11 is 0. The van der Waals surface area contributed by atoms with Gasteiger partial charge in [-0.15, -0.1) is 0 Å². The van der Waals surface area contributed by atoms with Crippen LogP contribution in [0.2, 0.25) is 0 Å². The van der Waals surface area contributed by atoms with Gasteiger partial charge in [-0.2, -0.15) is 0 Å². The van der Waals surface area contributed by atoms with E-state index in [9.17, 15) is 10.2 Å². The highest BCUT2D eigenvalue weighted by Crippen LogP contribution is 2.40. The van der Waals surface area contributed by atoms with E-state index < -0.39 is 0 Å². The molecule has 0 aromatic carbocycles. The van der Waals surface area contributed by atoms with E-state index in [2.05, 4.69) is 103 Å². The number of allylic oxidation sites excluding steroid dienone is 16. The monoisotopic (exact) mass is 564 g/mol. The first-order valence-electron chi connectivity index (χ1n) is 15.1. The second-order valence-corrected chi connectivity index (χ2v) is 13.3. The molecule has 224 valence electrons. The molecule has 0 spiro atoms. The van der Waals surface area contributed by atoms with Gasteiger partial charge in [-0.05, 0) is 78.4 Å². The van der Waals surface area contributed by atoms with Crippen molar-refractivity contribution in [2.24, 2.45) is 10.8 Å². The Morgan fingerprint density at radius 2 is 0.976 bits per heavy atom. The molecule has 2 heteroatoms. The maximum atomic E-state index is 10.1. The smallest absolute Gasteiger partial charge is 0.0586 e. The van der Waals surface area contributed by atoms with Crippen molar-refractivity contribution < 1.29 is 10.2 Å². The standard InChI is InChI=1S/C40H52O2/c1-29(17-13-19-31(3)21-23-37-33(5)25-35(41)27-39(37,7)8)15-11-12-16-30(2)18-14-20-32(4)22-24-38-34(6)26-36(42)28-40(38,9)10/h11-20,35-36,41-42H,25-28H2,1-10H3/b12-11+,17-13+,18-14+,29-15+,30-16+,31-19+,32-20+. The minimum Gasteiger partial charge on any atom is -0.393 e. The Labute approximate surface area is 256 Å². The van der Waals surface area contributed by atoms with Crippen LogP contribution in [0.5, 0.6) is 0 Å². The lowest BCUT2D eigenvalue weighted by Crippen LogP contribution is -2.28. The Balaban J connectivity index is 1.93. The van der Waals surface area contributed by atoms with Crippen molar-refractivity contribution in [3.05, 3.63) is 105 Å². The summed E-state index contributed by atoms with van der Waals surface area (Å²) < 4.78 is 0. The fourth-order valence-corrected chi connectivity index (χ4v) is 5.76. The predicted molar refractivity (Wildman–Crippen MR) is 181 cm³/mol. The summed E-state index contributed by atoms with van der Waals surface area (Å²) in [5.74, 6) is 13.3. The van der Waals surface area contributed by atoms with Gasteiger partial charge in [-0.25, -0.2) is 0 Å². The summed E-state index contributed by atoms with van der Waals surface area (Å²) in [6.45, 7) is 21.1. The molecule has 0 aromatic heterocycles. The number of aliphatic hydroxyl groups is 2. The molecule has 0 radical (unpaired) electrons. The maximum absolute atomic E-state index is 10.1. The fourth-order valence-electron chi connectivity index (χ4n) is 5.76. The van der Waals surface area contributed by atoms with E-state index in [-0.39, 0.29) is 23.0 Å². The molecule has 2 N–H and O–H groups in total. The molecule has 0 aromatic rings. The first kappa shape index (κ1) is 34.9. The zero-order valence-corrected chi connectivity index (χ0v) is 27.7. The SMILES string of the molecule is CC1=C(C#C/C(C)=C/C=C/C(C)=C/C=C/C=C(C)/C=C/C=C(\C)C#CC2=C(C)CC(O)CC2(C)C)C(C)(C)CC(O)C1. The Kier molecular flexibility index (Phi) is 13.1. The molecule has 2 atom stereocenters. The predicted octanol–water partition coefficient (Wildman–Crippen LogP) is 9.44. The molecule has 0 heterocycles. The minimum atomic E-state index is -0.263. The van der Waals surface area contributed by atoms with Crippen LogP contribution in [0.15, 0.2) is 105 Å². The van der Waals surface area contributed by atoms with Crippen molar-refractivity contribution >= 4 is 0 Å². The Bertz CT molecular complexity index is 1290. The Morgan fingerprint density at radius 1 is 0.619 bits per heavy atom. The Hall–Kier alpha value is -3.30. The largest absolute Gasteiger partial charge is 0.393 e. The highest BCUT2D eigenvalue weighted by Gasteiger charge is 2.33. The Morgan fingerprint density at radius 3 is 1.31 bits per heavy atom. The molecule has 0 aliphatic heterocycles. The third kappa shape index (κ3) is 11.5. The highest BCUT2D eigenvalue weighted by molar-refractivity contribution is 5.46. The fraction of sp³-hybridized carbons (Fsp3) is 0.450. The van der Waals surface area contributed by atoms with Gasteiger partial charge in [0.2, 0.25) is 0 Å². The van der Waals surface area contributed by atoms with Gasteiger partial charge in [-0.3, -0.25) is 0 Å². The molecule has 0 fully saturated rings.